The molecular formula is C18H17F5N4. The van der Waals surface area contributed by atoms with Crippen molar-refractivity contribution in [1.82, 2.24) is 15.5 Å². The molecule has 27 heavy (non-hydrogen) atoms. The number of alkyl halides is 2. The van der Waals surface area contributed by atoms with Crippen LogP contribution in [0.1, 0.15) is 24.8 Å². The average Bonchev–Trinajstić information content (AvgIpc) is 3.19. The molecule has 1 unspecified atom stereocenters. The quantitative estimate of drug-likeness (QED) is 0.620. The summed E-state index contributed by atoms with van der Waals surface area (Å²) in [7, 11) is 0. The number of anilines is 1. The standard InChI is InChI=1S/C18H17F5N4/c19-10-3-12(16(21)14(20)4-10)17-13(18(22)23)5-15(26-27-17)25-11-1-8-6-24-7-9(8)2-11/h3-5,8-9,11,18,24H,1-2,6-7H2,(H,25,26)/t8-,9+,11?. The van der Waals surface area contributed by atoms with Crippen LogP contribution in [0.2, 0.25) is 0 Å². The van der Waals surface area contributed by atoms with E-state index in [-0.39, 0.29) is 11.9 Å². The van der Waals surface area contributed by atoms with Crippen molar-refractivity contribution in [2.75, 3.05) is 18.4 Å². The maximum atomic E-state index is 14.0. The van der Waals surface area contributed by atoms with E-state index in [0.717, 1.165) is 32.0 Å². The minimum absolute atomic E-state index is 0.0936. The Morgan fingerprint density at radius 2 is 1.70 bits per heavy atom. The molecule has 1 aromatic carbocycles. The van der Waals surface area contributed by atoms with Crippen LogP contribution in [0.3, 0.4) is 0 Å². The molecule has 9 heteroatoms. The van der Waals surface area contributed by atoms with E-state index in [9.17, 15) is 22.0 Å². The Morgan fingerprint density at radius 3 is 2.37 bits per heavy atom. The van der Waals surface area contributed by atoms with E-state index >= 15 is 0 Å². The van der Waals surface area contributed by atoms with E-state index in [2.05, 4.69) is 20.8 Å². The van der Waals surface area contributed by atoms with Crippen LogP contribution in [0, 0.1) is 29.3 Å². The Morgan fingerprint density at radius 1 is 1.00 bits per heavy atom. The molecule has 4 rings (SSSR count). The summed E-state index contributed by atoms with van der Waals surface area (Å²) in [5.74, 6) is -2.75. The molecule has 2 heterocycles. The lowest BCUT2D eigenvalue weighted by Crippen LogP contribution is -2.21. The third-order valence-electron chi connectivity index (χ3n) is 5.31. The maximum Gasteiger partial charge on any atom is 0.266 e. The smallest absolute Gasteiger partial charge is 0.266 e. The van der Waals surface area contributed by atoms with Crippen molar-refractivity contribution in [2.45, 2.75) is 25.3 Å². The number of rotatable bonds is 4. The zero-order chi connectivity index (χ0) is 19.1. The van der Waals surface area contributed by atoms with Crippen LogP contribution in [0.5, 0.6) is 0 Å². The van der Waals surface area contributed by atoms with Gasteiger partial charge in [0.25, 0.3) is 6.43 Å². The number of benzene rings is 1. The van der Waals surface area contributed by atoms with Gasteiger partial charge in [0.05, 0.1) is 0 Å². The Labute approximate surface area is 152 Å². The number of hydrogen-bond acceptors (Lipinski definition) is 4. The van der Waals surface area contributed by atoms with Crippen molar-refractivity contribution in [3.8, 4) is 11.3 Å². The largest absolute Gasteiger partial charge is 0.366 e. The summed E-state index contributed by atoms with van der Waals surface area (Å²) in [5, 5.41) is 13.9. The van der Waals surface area contributed by atoms with Crippen molar-refractivity contribution in [3.05, 3.63) is 41.2 Å². The van der Waals surface area contributed by atoms with Crippen molar-refractivity contribution in [2.24, 2.45) is 11.8 Å². The van der Waals surface area contributed by atoms with Crippen molar-refractivity contribution < 1.29 is 22.0 Å². The molecule has 2 aliphatic rings. The third-order valence-corrected chi connectivity index (χ3v) is 5.31. The van der Waals surface area contributed by atoms with Gasteiger partial charge in [0.2, 0.25) is 0 Å². The number of hydrogen-bond donors (Lipinski definition) is 2. The molecular weight excluding hydrogens is 367 g/mol. The van der Waals surface area contributed by atoms with E-state index in [4.69, 9.17) is 0 Å². The molecule has 3 atom stereocenters. The minimum atomic E-state index is -3.01. The summed E-state index contributed by atoms with van der Waals surface area (Å²) >= 11 is 0. The summed E-state index contributed by atoms with van der Waals surface area (Å²) in [4.78, 5) is 0. The highest BCUT2D eigenvalue weighted by Crippen LogP contribution is 2.37. The molecule has 144 valence electrons. The van der Waals surface area contributed by atoms with Crippen molar-refractivity contribution in [1.29, 1.82) is 0 Å². The van der Waals surface area contributed by atoms with E-state index in [0.29, 0.717) is 24.0 Å². The lowest BCUT2D eigenvalue weighted by Gasteiger charge is -2.16. The highest BCUT2D eigenvalue weighted by molar-refractivity contribution is 5.65. The third kappa shape index (κ3) is 3.47. The summed E-state index contributed by atoms with van der Waals surface area (Å²) in [6.45, 7) is 1.89. The molecule has 1 aliphatic heterocycles. The minimum Gasteiger partial charge on any atom is -0.366 e. The molecule has 1 aliphatic carbocycles. The van der Waals surface area contributed by atoms with Crippen molar-refractivity contribution in [3.63, 3.8) is 0 Å². The van der Waals surface area contributed by atoms with E-state index in [1.807, 2.05) is 0 Å². The van der Waals surface area contributed by atoms with Gasteiger partial charge in [0.1, 0.15) is 17.3 Å². The molecule has 0 amide bonds. The number of aromatic nitrogens is 2. The summed E-state index contributed by atoms with van der Waals surface area (Å²) in [5.41, 5.74) is -1.88. The monoisotopic (exact) mass is 384 g/mol. The first kappa shape index (κ1) is 18.1. The first-order chi connectivity index (χ1) is 12.9. The van der Waals surface area contributed by atoms with Gasteiger partial charge in [-0.1, -0.05) is 0 Å². The predicted molar refractivity (Wildman–Crippen MR) is 88.8 cm³/mol. The van der Waals surface area contributed by atoms with Gasteiger partial charge in [-0.25, -0.2) is 22.0 Å². The number of halogens is 5. The second kappa shape index (κ2) is 7.03. The van der Waals surface area contributed by atoms with Crippen molar-refractivity contribution >= 4 is 5.82 Å². The van der Waals surface area contributed by atoms with Crippen LogP contribution in [0.25, 0.3) is 11.3 Å². The topological polar surface area (TPSA) is 49.8 Å². The highest BCUT2D eigenvalue weighted by atomic mass is 19.3. The fourth-order valence-corrected chi connectivity index (χ4v) is 4.07. The Bertz CT molecular complexity index is 848. The Balaban J connectivity index is 1.63. The lowest BCUT2D eigenvalue weighted by atomic mass is 10.0. The lowest BCUT2D eigenvalue weighted by molar-refractivity contribution is 0.151. The van der Waals surface area contributed by atoms with Crippen LogP contribution >= 0.6 is 0 Å². The van der Waals surface area contributed by atoms with Gasteiger partial charge in [0, 0.05) is 23.2 Å². The van der Waals surface area contributed by atoms with Gasteiger partial charge < -0.3 is 10.6 Å². The van der Waals surface area contributed by atoms with Crippen LogP contribution < -0.4 is 10.6 Å². The molecule has 2 fully saturated rings. The fraction of sp³-hybridized carbons (Fsp3) is 0.444. The molecule has 0 bridgehead atoms. The van der Waals surface area contributed by atoms with Gasteiger partial charge >= 0.3 is 0 Å². The normalized spacial score (nSPS) is 24.4. The summed E-state index contributed by atoms with van der Waals surface area (Å²) < 4.78 is 67.9. The Hall–Kier alpha value is -2.29. The highest BCUT2D eigenvalue weighted by Gasteiger charge is 2.37. The van der Waals surface area contributed by atoms with E-state index < -0.39 is 40.7 Å². The molecule has 1 saturated carbocycles. The average molecular weight is 384 g/mol. The molecule has 4 nitrogen and oxygen atoms in total. The van der Waals surface area contributed by atoms with E-state index in [1.165, 1.54) is 0 Å². The molecule has 2 N–H and O–H groups in total. The van der Waals surface area contributed by atoms with Gasteiger partial charge in [0.15, 0.2) is 11.6 Å². The van der Waals surface area contributed by atoms with Gasteiger partial charge in [-0.05, 0) is 49.9 Å². The van der Waals surface area contributed by atoms with Gasteiger partial charge in [-0.3, -0.25) is 0 Å². The second-order valence-corrected chi connectivity index (χ2v) is 7.07. The summed E-state index contributed by atoms with van der Waals surface area (Å²) in [6.07, 6.45) is -1.21. The van der Waals surface area contributed by atoms with Crippen LogP contribution in [0.15, 0.2) is 18.2 Å². The molecule has 0 radical (unpaired) electrons. The predicted octanol–water partition coefficient (Wildman–Crippen LogP) is 3.91. The number of fused-ring (bicyclic) bond motifs is 1. The number of nitrogens with zero attached hydrogens (tertiary/aromatic N) is 2. The van der Waals surface area contributed by atoms with Gasteiger partial charge in [-0.2, -0.15) is 0 Å². The van der Waals surface area contributed by atoms with E-state index in [1.54, 1.807) is 0 Å². The zero-order valence-electron chi connectivity index (χ0n) is 14.2. The molecule has 1 aromatic heterocycles. The second-order valence-electron chi connectivity index (χ2n) is 7.07. The molecule has 1 saturated heterocycles. The summed E-state index contributed by atoms with van der Waals surface area (Å²) in [6, 6.07) is 2.14. The maximum absolute atomic E-state index is 14.0. The number of nitrogens with one attached hydrogen (secondary N) is 2. The van der Waals surface area contributed by atoms with Crippen LogP contribution in [-0.2, 0) is 0 Å². The fourth-order valence-electron chi connectivity index (χ4n) is 4.07. The zero-order valence-corrected chi connectivity index (χ0v) is 14.2. The Kier molecular flexibility index (Phi) is 4.71. The first-order valence-corrected chi connectivity index (χ1v) is 8.70. The SMILES string of the molecule is Fc1cc(F)c(F)c(-c2nnc(NC3C[C@H]4CNC[C@H]4C3)cc2C(F)F)c1. The molecule has 2 aromatic rings. The van der Waals surface area contributed by atoms with Crippen LogP contribution in [-0.4, -0.2) is 29.3 Å². The van der Waals surface area contributed by atoms with Crippen LogP contribution in [0.4, 0.5) is 27.8 Å². The molecule has 0 spiro atoms. The first-order valence-electron chi connectivity index (χ1n) is 8.70. The van der Waals surface area contributed by atoms with Gasteiger partial charge in [-0.15, -0.1) is 10.2 Å².